The molecular weight excluding hydrogens is 222 g/mol. The van der Waals surface area contributed by atoms with Crippen molar-refractivity contribution >= 4 is 17.4 Å². The van der Waals surface area contributed by atoms with Crippen LogP contribution in [0.5, 0.6) is 0 Å². The van der Waals surface area contributed by atoms with E-state index in [9.17, 15) is 14.9 Å². The summed E-state index contributed by atoms with van der Waals surface area (Å²) in [6, 6.07) is 2.88. The molecule has 1 saturated heterocycles. The van der Waals surface area contributed by atoms with Gasteiger partial charge in [-0.3, -0.25) is 4.79 Å². The topological polar surface area (TPSA) is 76.3 Å². The molecule has 17 heavy (non-hydrogen) atoms. The minimum atomic E-state index is -0.555. The van der Waals surface area contributed by atoms with Gasteiger partial charge >= 0.3 is 5.82 Å². The van der Waals surface area contributed by atoms with E-state index in [4.69, 9.17) is 0 Å². The summed E-state index contributed by atoms with van der Waals surface area (Å²) in [4.78, 5) is 27.1. The molecule has 0 N–H and O–H groups in total. The maximum absolute atomic E-state index is 11.8. The molecule has 6 nitrogen and oxygen atoms in total. The highest BCUT2D eigenvalue weighted by atomic mass is 16.6. The molecule has 90 valence electrons. The first-order valence-electron chi connectivity index (χ1n) is 5.35. The molecule has 0 spiro atoms. The van der Waals surface area contributed by atoms with E-state index in [2.05, 4.69) is 4.98 Å². The molecule has 6 heteroatoms. The van der Waals surface area contributed by atoms with Crippen molar-refractivity contribution in [3.8, 4) is 0 Å². The maximum atomic E-state index is 11.8. The zero-order chi connectivity index (χ0) is 12.6. The number of anilines is 1. The number of aromatic nitrogens is 1. The van der Waals surface area contributed by atoms with Gasteiger partial charge in [-0.2, -0.15) is 0 Å². The zero-order valence-electron chi connectivity index (χ0n) is 9.71. The summed E-state index contributed by atoms with van der Waals surface area (Å²) < 4.78 is 0. The lowest BCUT2D eigenvalue weighted by Crippen LogP contribution is -2.40. The normalized spacial score (nSPS) is 18.5. The highest BCUT2D eigenvalue weighted by molar-refractivity contribution is 5.97. The molecule has 1 fully saturated rings. The third kappa shape index (κ3) is 1.98. The number of pyridine rings is 1. The van der Waals surface area contributed by atoms with Crippen LogP contribution in [0.15, 0.2) is 18.3 Å². The van der Waals surface area contributed by atoms with Crippen molar-refractivity contribution in [1.29, 1.82) is 0 Å². The average molecular weight is 235 g/mol. The molecule has 0 radical (unpaired) electrons. The number of hydrogen-bond donors (Lipinski definition) is 0. The first-order chi connectivity index (χ1) is 7.92. The van der Waals surface area contributed by atoms with Gasteiger partial charge in [0.1, 0.15) is 0 Å². The van der Waals surface area contributed by atoms with E-state index in [1.165, 1.54) is 12.3 Å². The fourth-order valence-corrected chi connectivity index (χ4v) is 2.09. The van der Waals surface area contributed by atoms with Gasteiger partial charge in [0.05, 0.1) is 5.69 Å². The Hall–Kier alpha value is -1.98. The minimum absolute atomic E-state index is 0.0330. The van der Waals surface area contributed by atoms with E-state index in [-0.39, 0.29) is 17.3 Å². The van der Waals surface area contributed by atoms with Gasteiger partial charge in [0.15, 0.2) is 6.20 Å². The summed E-state index contributed by atoms with van der Waals surface area (Å²) in [7, 11) is 0. The number of amides is 1. The number of rotatable bonds is 2. The summed E-state index contributed by atoms with van der Waals surface area (Å²) in [5.41, 5.74) is 0.359. The molecule has 2 heterocycles. The zero-order valence-corrected chi connectivity index (χ0v) is 9.71. The van der Waals surface area contributed by atoms with E-state index in [1.807, 2.05) is 13.8 Å². The predicted molar refractivity (Wildman–Crippen MR) is 61.7 cm³/mol. The van der Waals surface area contributed by atoms with Crippen LogP contribution in [0.25, 0.3) is 0 Å². The van der Waals surface area contributed by atoms with Gasteiger partial charge in [-0.25, -0.2) is 0 Å². The van der Waals surface area contributed by atoms with E-state index in [1.54, 1.807) is 11.0 Å². The fraction of sp³-hybridized carbons (Fsp3) is 0.455. The first kappa shape index (κ1) is 11.5. The van der Waals surface area contributed by atoms with Crippen molar-refractivity contribution in [1.82, 2.24) is 4.98 Å². The fourth-order valence-electron chi connectivity index (χ4n) is 2.09. The van der Waals surface area contributed by atoms with Crippen molar-refractivity contribution in [2.75, 3.05) is 4.90 Å². The summed E-state index contributed by atoms with van der Waals surface area (Å²) in [6.45, 7) is 3.94. The van der Waals surface area contributed by atoms with Gasteiger partial charge in [-0.1, -0.05) is 0 Å². The van der Waals surface area contributed by atoms with Crippen LogP contribution in [0.2, 0.25) is 0 Å². The average Bonchev–Trinajstić information content (AvgIpc) is 2.53. The smallest absolute Gasteiger partial charge is 0.358 e. The Bertz CT molecular complexity index is 467. The van der Waals surface area contributed by atoms with E-state index >= 15 is 0 Å². The third-order valence-electron chi connectivity index (χ3n) is 2.98. The SMILES string of the molecule is CC1(C)CCC(=O)N1c1ccc([N+](=O)[O-])nc1. The number of carbonyl (C=O) groups is 1. The molecule has 0 aromatic carbocycles. The van der Waals surface area contributed by atoms with Crippen molar-refractivity contribution in [2.45, 2.75) is 32.2 Å². The third-order valence-corrected chi connectivity index (χ3v) is 2.98. The molecule has 1 aliphatic heterocycles. The molecule has 1 aliphatic rings. The van der Waals surface area contributed by atoms with Crippen LogP contribution < -0.4 is 4.90 Å². The lowest BCUT2D eigenvalue weighted by Gasteiger charge is -2.30. The molecule has 1 aromatic heterocycles. The number of nitro groups is 1. The predicted octanol–water partition coefficient (Wildman–Crippen LogP) is 1.90. The molecular formula is C11H13N3O3. The Balaban J connectivity index is 2.34. The van der Waals surface area contributed by atoms with Crippen molar-refractivity contribution in [3.05, 3.63) is 28.4 Å². The summed E-state index contributed by atoms with van der Waals surface area (Å²) >= 11 is 0. The van der Waals surface area contributed by atoms with E-state index < -0.39 is 4.92 Å². The Morgan fingerprint density at radius 3 is 2.59 bits per heavy atom. The molecule has 0 atom stereocenters. The van der Waals surface area contributed by atoms with Gasteiger partial charge in [-0.15, -0.1) is 0 Å². The van der Waals surface area contributed by atoms with E-state index in [0.717, 1.165) is 6.42 Å². The highest BCUT2D eigenvalue weighted by Gasteiger charge is 2.39. The summed E-state index contributed by atoms with van der Waals surface area (Å²) in [5.74, 6) is -0.177. The number of hydrogen-bond acceptors (Lipinski definition) is 4. The van der Waals surface area contributed by atoms with Gasteiger partial charge in [0.25, 0.3) is 0 Å². The van der Waals surface area contributed by atoms with Crippen LogP contribution in [0.3, 0.4) is 0 Å². The molecule has 1 amide bonds. The second-order valence-electron chi connectivity index (χ2n) is 4.67. The largest absolute Gasteiger partial charge is 0.363 e. The van der Waals surface area contributed by atoms with Gasteiger partial charge < -0.3 is 15.0 Å². The molecule has 0 unspecified atom stereocenters. The van der Waals surface area contributed by atoms with Crippen LogP contribution in [0.4, 0.5) is 11.5 Å². The number of nitrogens with zero attached hydrogens (tertiary/aromatic N) is 3. The van der Waals surface area contributed by atoms with Crippen LogP contribution in [0.1, 0.15) is 26.7 Å². The quantitative estimate of drug-likeness (QED) is 0.579. The van der Waals surface area contributed by atoms with Crippen molar-refractivity contribution in [3.63, 3.8) is 0 Å². The highest BCUT2D eigenvalue weighted by Crippen LogP contribution is 2.34. The molecule has 0 saturated carbocycles. The second kappa shape index (κ2) is 3.80. The van der Waals surface area contributed by atoms with Crippen LogP contribution >= 0.6 is 0 Å². The first-order valence-corrected chi connectivity index (χ1v) is 5.35. The summed E-state index contributed by atoms with van der Waals surface area (Å²) in [5, 5.41) is 10.5. The van der Waals surface area contributed by atoms with Gasteiger partial charge in [-0.05, 0) is 36.2 Å². The van der Waals surface area contributed by atoms with E-state index in [0.29, 0.717) is 12.1 Å². The van der Waals surface area contributed by atoms with Crippen LogP contribution in [-0.4, -0.2) is 21.4 Å². The second-order valence-corrected chi connectivity index (χ2v) is 4.67. The number of carbonyl (C=O) groups excluding carboxylic acids is 1. The van der Waals surface area contributed by atoms with Crippen molar-refractivity contribution < 1.29 is 9.72 Å². The maximum Gasteiger partial charge on any atom is 0.363 e. The molecule has 0 aliphatic carbocycles. The summed E-state index contributed by atoms with van der Waals surface area (Å²) in [6.07, 6.45) is 2.66. The Morgan fingerprint density at radius 2 is 2.18 bits per heavy atom. The standard InChI is InChI=1S/C11H13N3O3/c1-11(2)6-5-10(15)13(11)8-3-4-9(12-7-8)14(16)17/h3-4,7H,5-6H2,1-2H3. The minimum Gasteiger partial charge on any atom is -0.358 e. The Labute approximate surface area is 98.4 Å². The molecule has 0 bridgehead atoms. The lowest BCUT2D eigenvalue weighted by molar-refractivity contribution is -0.389. The van der Waals surface area contributed by atoms with Crippen molar-refractivity contribution in [2.24, 2.45) is 0 Å². The van der Waals surface area contributed by atoms with Crippen LogP contribution in [-0.2, 0) is 4.79 Å². The van der Waals surface area contributed by atoms with Crippen LogP contribution in [0, 0.1) is 10.1 Å². The van der Waals surface area contributed by atoms with Gasteiger partial charge in [0.2, 0.25) is 5.91 Å². The van der Waals surface area contributed by atoms with Gasteiger partial charge in [0, 0.05) is 18.0 Å². The Kier molecular flexibility index (Phi) is 2.57. The lowest BCUT2D eigenvalue weighted by atomic mass is 10.0. The molecule has 1 aromatic rings. The monoisotopic (exact) mass is 235 g/mol. The Morgan fingerprint density at radius 1 is 1.47 bits per heavy atom. The molecule has 2 rings (SSSR count).